The van der Waals surface area contributed by atoms with Crippen LogP contribution in [0.5, 0.6) is 5.75 Å². The summed E-state index contributed by atoms with van der Waals surface area (Å²) in [6.45, 7) is 6.01. The molecule has 8 nitrogen and oxygen atoms in total. The Bertz CT molecular complexity index is 760. The Labute approximate surface area is 158 Å². The van der Waals surface area contributed by atoms with Crippen LogP contribution in [0.25, 0.3) is 0 Å². The summed E-state index contributed by atoms with van der Waals surface area (Å²) in [5.41, 5.74) is 0.600. The van der Waals surface area contributed by atoms with Crippen LogP contribution in [0.2, 0.25) is 0 Å². The van der Waals surface area contributed by atoms with Crippen molar-refractivity contribution in [2.45, 2.75) is 6.92 Å². The lowest BCUT2D eigenvalue weighted by molar-refractivity contribution is 0.0955. The van der Waals surface area contributed by atoms with Gasteiger partial charge in [-0.2, -0.15) is 0 Å². The second kappa shape index (κ2) is 9.18. The Kier molecular flexibility index (Phi) is 6.43. The maximum Gasteiger partial charge on any atom is 0.251 e. The molecule has 0 spiro atoms. The van der Waals surface area contributed by atoms with Crippen LogP contribution < -0.4 is 20.3 Å². The summed E-state index contributed by atoms with van der Waals surface area (Å²) < 4.78 is 10.5. The molecule has 0 unspecified atom stereocenters. The highest BCUT2D eigenvalue weighted by Crippen LogP contribution is 2.17. The second-order valence-corrected chi connectivity index (χ2v) is 6.17. The van der Waals surface area contributed by atoms with Gasteiger partial charge in [-0.25, -0.2) is 9.97 Å². The lowest BCUT2D eigenvalue weighted by Crippen LogP contribution is -2.37. The van der Waals surface area contributed by atoms with Crippen molar-refractivity contribution in [1.82, 2.24) is 15.3 Å². The number of morpholine rings is 1. The highest BCUT2D eigenvalue weighted by Gasteiger charge is 2.14. The van der Waals surface area contributed by atoms with Gasteiger partial charge in [0.1, 0.15) is 23.2 Å². The van der Waals surface area contributed by atoms with Gasteiger partial charge in [0.15, 0.2) is 0 Å². The third-order valence-corrected chi connectivity index (χ3v) is 4.23. The van der Waals surface area contributed by atoms with Gasteiger partial charge in [-0.05, 0) is 31.2 Å². The molecular weight excluding hydrogens is 346 g/mol. The molecule has 0 aliphatic carbocycles. The first-order chi connectivity index (χ1) is 13.2. The molecule has 2 heterocycles. The molecule has 2 aromatic rings. The summed E-state index contributed by atoms with van der Waals surface area (Å²) in [4.78, 5) is 23.3. The number of rotatable bonds is 7. The molecule has 1 fully saturated rings. The van der Waals surface area contributed by atoms with E-state index in [4.69, 9.17) is 9.47 Å². The van der Waals surface area contributed by atoms with E-state index < -0.39 is 0 Å². The molecule has 27 heavy (non-hydrogen) atoms. The smallest absolute Gasteiger partial charge is 0.251 e. The maximum absolute atomic E-state index is 12.1. The predicted octanol–water partition coefficient (Wildman–Crippen LogP) is 1.47. The zero-order valence-corrected chi connectivity index (χ0v) is 15.7. The Morgan fingerprint density at radius 3 is 2.63 bits per heavy atom. The number of ether oxygens (including phenoxy) is 2. The molecule has 0 bridgehead atoms. The van der Waals surface area contributed by atoms with Gasteiger partial charge in [-0.3, -0.25) is 4.79 Å². The van der Waals surface area contributed by atoms with E-state index in [2.05, 4.69) is 25.5 Å². The zero-order valence-electron chi connectivity index (χ0n) is 15.7. The Hall–Kier alpha value is -2.87. The average Bonchev–Trinajstić information content (AvgIpc) is 2.71. The van der Waals surface area contributed by atoms with Gasteiger partial charge in [0, 0.05) is 37.8 Å². The van der Waals surface area contributed by atoms with E-state index >= 15 is 0 Å². The van der Waals surface area contributed by atoms with E-state index in [0.717, 1.165) is 30.5 Å². The highest BCUT2D eigenvalue weighted by molar-refractivity contribution is 5.94. The Morgan fingerprint density at radius 2 is 1.93 bits per heavy atom. The minimum atomic E-state index is -0.118. The van der Waals surface area contributed by atoms with Crippen molar-refractivity contribution >= 4 is 17.5 Å². The summed E-state index contributed by atoms with van der Waals surface area (Å²) in [7, 11) is 1.60. The van der Waals surface area contributed by atoms with Crippen molar-refractivity contribution in [3.63, 3.8) is 0 Å². The van der Waals surface area contributed by atoms with Gasteiger partial charge >= 0.3 is 0 Å². The van der Waals surface area contributed by atoms with Crippen molar-refractivity contribution in [1.29, 1.82) is 0 Å². The van der Waals surface area contributed by atoms with E-state index in [-0.39, 0.29) is 5.91 Å². The van der Waals surface area contributed by atoms with Crippen molar-refractivity contribution in [3.05, 3.63) is 41.7 Å². The number of anilines is 2. The highest BCUT2D eigenvalue weighted by atomic mass is 16.5. The number of benzene rings is 1. The maximum atomic E-state index is 12.1. The van der Waals surface area contributed by atoms with E-state index in [1.165, 1.54) is 0 Å². The zero-order chi connectivity index (χ0) is 19.1. The van der Waals surface area contributed by atoms with E-state index in [9.17, 15) is 4.79 Å². The lowest BCUT2D eigenvalue weighted by atomic mass is 10.2. The lowest BCUT2D eigenvalue weighted by Gasteiger charge is -2.28. The first-order valence-electron chi connectivity index (χ1n) is 9.00. The molecule has 1 aliphatic rings. The first-order valence-corrected chi connectivity index (χ1v) is 9.00. The number of hydrogen-bond donors (Lipinski definition) is 2. The largest absolute Gasteiger partial charge is 0.497 e. The topological polar surface area (TPSA) is 88.6 Å². The molecule has 0 radical (unpaired) electrons. The molecular formula is C19H25N5O3. The fourth-order valence-corrected chi connectivity index (χ4v) is 2.81. The van der Waals surface area contributed by atoms with Crippen molar-refractivity contribution < 1.29 is 14.3 Å². The number of amides is 1. The first kappa shape index (κ1) is 18.9. The van der Waals surface area contributed by atoms with Gasteiger partial charge in [0.05, 0.1) is 20.3 Å². The van der Waals surface area contributed by atoms with Crippen molar-refractivity contribution in [3.8, 4) is 5.75 Å². The molecule has 144 valence electrons. The predicted molar refractivity (Wildman–Crippen MR) is 104 cm³/mol. The summed E-state index contributed by atoms with van der Waals surface area (Å²) in [6.07, 6.45) is 0. The van der Waals surface area contributed by atoms with Gasteiger partial charge in [0.25, 0.3) is 5.91 Å². The molecule has 1 aromatic heterocycles. The van der Waals surface area contributed by atoms with Crippen molar-refractivity contribution in [2.24, 2.45) is 0 Å². The van der Waals surface area contributed by atoms with Crippen molar-refractivity contribution in [2.75, 3.05) is 56.7 Å². The molecule has 1 saturated heterocycles. The van der Waals surface area contributed by atoms with E-state index in [1.807, 2.05) is 13.0 Å². The van der Waals surface area contributed by atoms with Crippen LogP contribution in [-0.4, -0.2) is 62.4 Å². The number of methoxy groups -OCH3 is 1. The van der Waals surface area contributed by atoms with Gasteiger partial charge < -0.3 is 25.0 Å². The number of nitrogens with one attached hydrogen (secondary N) is 2. The molecule has 8 heteroatoms. The van der Waals surface area contributed by atoms with Crippen LogP contribution >= 0.6 is 0 Å². The second-order valence-electron chi connectivity index (χ2n) is 6.17. The quantitative estimate of drug-likeness (QED) is 0.713. The molecule has 3 rings (SSSR count). The summed E-state index contributed by atoms with van der Waals surface area (Å²) >= 11 is 0. The third-order valence-electron chi connectivity index (χ3n) is 4.23. The molecule has 0 atom stereocenters. The average molecular weight is 371 g/mol. The number of carbonyl (C=O) groups excluding carboxylic acids is 1. The van der Waals surface area contributed by atoms with Crippen LogP contribution in [0.1, 0.15) is 16.2 Å². The minimum Gasteiger partial charge on any atom is -0.497 e. The number of aromatic nitrogens is 2. The fraction of sp³-hybridized carbons (Fsp3) is 0.421. The Morgan fingerprint density at radius 1 is 1.19 bits per heavy atom. The van der Waals surface area contributed by atoms with Gasteiger partial charge in [-0.15, -0.1) is 0 Å². The van der Waals surface area contributed by atoms with Crippen LogP contribution in [-0.2, 0) is 4.74 Å². The molecule has 1 amide bonds. The van der Waals surface area contributed by atoms with E-state index in [0.29, 0.717) is 37.7 Å². The minimum absolute atomic E-state index is 0.118. The standard InChI is InChI=1S/C19H25N5O3/c1-14-22-17(13-18(23-14)24-9-11-27-12-10-24)20-7-8-21-19(25)15-3-5-16(26-2)6-4-15/h3-6,13H,7-12H2,1-2H3,(H,21,25)(H,20,22,23). The number of nitrogens with zero attached hydrogens (tertiary/aromatic N) is 3. The number of carbonyl (C=O) groups is 1. The fourth-order valence-electron chi connectivity index (χ4n) is 2.81. The molecule has 0 saturated carbocycles. The number of hydrogen-bond acceptors (Lipinski definition) is 7. The molecule has 1 aromatic carbocycles. The number of aryl methyl sites for hydroxylation is 1. The summed E-state index contributed by atoms with van der Waals surface area (Å²) in [6, 6.07) is 8.95. The van der Waals surface area contributed by atoms with Gasteiger partial charge in [-0.1, -0.05) is 0 Å². The summed E-state index contributed by atoms with van der Waals surface area (Å²) in [5.74, 6) is 2.97. The summed E-state index contributed by atoms with van der Waals surface area (Å²) in [5, 5.41) is 6.13. The van der Waals surface area contributed by atoms with Crippen LogP contribution in [0.4, 0.5) is 11.6 Å². The van der Waals surface area contributed by atoms with E-state index in [1.54, 1.807) is 31.4 Å². The van der Waals surface area contributed by atoms with Gasteiger partial charge in [0.2, 0.25) is 0 Å². The molecule has 2 N–H and O–H groups in total. The Balaban J connectivity index is 1.49. The monoisotopic (exact) mass is 371 g/mol. The van der Waals surface area contributed by atoms with Crippen LogP contribution in [0.3, 0.4) is 0 Å². The third kappa shape index (κ3) is 5.30. The SMILES string of the molecule is COc1ccc(C(=O)NCCNc2cc(N3CCOCC3)nc(C)n2)cc1. The van der Waals surface area contributed by atoms with Crippen LogP contribution in [0.15, 0.2) is 30.3 Å². The molecule has 1 aliphatic heterocycles. The normalized spacial score (nSPS) is 13.9. The van der Waals surface area contributed by atoms with Crippen LogP contribution in [0, 0.1) is 6.92 Å².